The van der Waals surface area contributed by atoms with Crippen molar-refractivity contribution in [2.75, 3.05) is 12.8 Å². The Morgan fingerprint density at radius 1 is 1.18 bits per heavy atom. The van der Waals surface area contributed by atoms with E-state index in [1.807, 2.05) is 46.3 Å². The van der Waals surface area contributed by atoms with E-state index in [1.54, 1.807) is 25.4 Å². The van der Waals surface area contributed by atoms with Crippen LogP contribution in [0.3, 0.4) is 0 Å². The van der Waals surface area contributed by atoms with Crippen LogP contribution in [0.15, 0.2) is 74.5 Å². The second kappa shape index (κ2) is 9.65. The van der Waals surface area contributed by atoms with Gasteiger partial charge in [0.15, 0.2) is 10.9 Å². The third-order valence-electron chi connectivity index (χ3n) is 5.14. The quantitative estimate of drug-likeness (QED) is 0.329. The molecule has 0 aliphatic carbocycles. The molecule has 0 radical (unpaired) electrons. The van der Waals surface area contributed by atoms with Gasteiger partial charge in [-0.2, -0.15) is 0 Å². The average molecular weight is 493 g/mol. The van der Waals surface area contributed by atoms with Crippen LogP contribution in [0.4, 0.5) is 0 Å². The third kappa shape index (κ3) is 4.66. The van der Waals surface area contributed by atoms with Gasteiger partial charge in [-0.25, -0.2) is 4.98 Å². The molecule has 5 aromatic rings. The molecule has 0 fully saturated rings. The molecule has 0 aliphatic heterocycles. The van der Waals surface area contributed by atoms with E-state index in [1.165, 1.54) is 28.0 Å². The molecule has 1 N–H and O–H groups in total. The van der Waals surface area contributed by atoms with Crippen molar-refractivity contribution in [3.05, 3.63) is 81.9 Å². The molecule has 1 amide bonds. The SMILES string of the molecule is CN(Cc1nc2ccsc2c(=O)[nH]1)C(=O)CSc1nnc(-c2ccco2)n1Cc1ccccc1. The summed E-state index contributed by atoms with van der Waals surface area (Å²) in [5.41, 5.74) is 1.53. The number of aromatic amines is 1. The van der Waals surface area contributed by atoms with Crippen molar-refractivity contribution in [2.24, 2.45) is 0 Å². The van der Waals surface area contributed by atoms with Gasteiger partial charge in [0.1, 0.15) is 10.5 Å². The number of amides is 1. The fourth-order valence-corrected chi connectivity index (χ4v) is 5.04. The van der Waals surface area contributed by atoms with E-state index >= 15 is 0 Å². The minimum atomic E-state index is -0.190. The van der Waals surface area contributed by atoms with Gasteiger partial charge in [-0.05, 0) is 29.1 Å². The molecule has 5 rings (SSSR count). The zero-order valence-corrected chi connectivity index (χ0v) is 19.8. The van der Waals surface area contributed by atoms with Gasteiger partial charge in [0.2, 0.25) is 11.7 Å². The van der Waals surface area contributed by atoms with E-state index in [2.05, 4.69) is 20.2 Å². The molecule has 172 valence electrons. The Labute approximate surface area is 202 Å². The summed E-state index contributed by atoms with van der Waals surface area (Å²) in [5, 5.41) is 11.1. The molecule has 34 heavy (non-hydrogen) atoms. The maximum Gasteiger partial charge on any atom is 0.268 e. The van der Waals surface area contributed by atoms with E-state index in [0.717, 1.165) is 5.56 Å². The summed E-state index contributed by atoms with van der Waals surface area (Å²) in [4.78, 5) is 33.8. The number of rotatable bonds is 8. The van der Waals surface area contributed by atoms with Crippen molar-refractivity contribution in [1.82, 2.24) is 29.6 Å². The summed E-state index contributed by atoms with van der Waals surface area (Å²) in [7, 11) is 1.68. The molecule has 0 aliphatic rings. The van der Waals surface area contributed by atoms with Gasteiger partial charge < -0.3 is 14.3 Å². The maximum atomic E-state index is 12.8. The van der Waals surface area contributed by atoms with Crippen LogP contribution in [0.1, 0.15) is 11.4 Å². The first-order valence-electron chi connectivity index (χ1n) is 10.4. The lowest BCUT2D eigenvalue weighted by Crippen LogP contribution is -2.29. The molecule has 0 unspecified atom stereocenters. The van der Waals surface area contributed by atoms with Crippen LogP contribution in [-0.2, 0) is 17.9 Å². The minimum Gasteiger partial charge on any atom is -0.461 e. The summed E-state index contributed by atoms with van der Waals surface area (Å²) in [6, 6.07) is 15.4. The number of thioether (sulfide) groups is 1. The van der Waals surface area contributed by atoms with Crippen LogP contribution < -0.4 is 5.56 Å². The molecule has 0 saturated heterocycles. The zero-order valence-electron chi connectivity index (χ0n) is 18.2. The molecule has 9 nitrogen and oxygen atoms in total. The summed E-state index contributed by atoms with van der Waals surface area (Å²) in [6.07, 6.45) is 1.59. The Morgan fingerprint density at radius 3 is 2.82 bits per heavy atom. The first kappa shape index (κ1) is 22.1. The van der Waals surface area contributed by atoms with Gasteiger partial charge in [0.25, 0.3) is 5.56 Å². The van der Waals surface area contributed by atoms with Crippen LogP contribution in [0.25, 0.3) is 21.8 Å². The predicted octanol–water partition coefficient (Wildman–Crippen LogP) is 3.64. The highest BCUT2D eigenvalue weighted by atomic mass is 32.2. The van der Waals surface area contributed by atoms with Crippen molar-refractivity contribution < 1.29 is 9.21 Å². The lowest BCUT2D eigenvalue weighted by atomic mass is 10.2. The number of furan rings is 1. The maximum absolute atomic E-state index is 12.8. The van der Waals surface area contributed by atoms with Crippen LogP contribution >= 0.6 is 23.1 Å². The average Bonchev–Trinajstić information content (AvgIpc) is 3.59. The van der Waals surface area contributed by atoms with Crippen LogP contribution in [-0.4, -0.2) is 48.3 Å². The Kier molecular flexibility index (Phi) is 6.28. The molecule has 0 saturated carbocycles. The van der Waals surface area contributed by atoms with E-state index in [-0.39, 0.29) is 23.8 Å². The Morgan fingerprint density at radius 2 is 2.03 bits per heavy atom. The largest absolute Gasteiger partial charge is 0.461 e. The number of nitrogens with one attached hydrogen (secondary N) is 1. The van der Waals surface area contributed by atoms with Gasteiger partial charge in [-0.15, -0.1) is 21.5 Å². The lowest BCUT2D eigenvalue weighted by molar-refractivity contribution is -0.127. The number of carbonyl (C=O) groups is 1. The van der Waals surface area contributed by atoms with Gasteiger partial charge in [0.05, 0.1) is 30.6 Å². The van der Waals surface area contributed by atoms with E-state index in [0.29, 0.717) is 39.3 Å². The van der Waals surface area contributed by atoms with Gasteiger partial charge in [0, 0.05) is 7.05 Å². The van der Waals surface area contributed by atoms with Gasteiger partial charge in [-0.3, -0.25) is 14.2 Å². The fourth-order valence-electron chi connectivity index (χ4n) is 3.44. The van der Waals surface area contributed by atoms with Crippen molar-refractivity contribution in [3.8, 4) is 11.6 Å². The summed E-state index contributed by atoms with van der Waals surface area (Å²) in [5.74, 6) is 1.70. The molecular formula is C23H20N6O3S2. The van der Waals surface area contributed by atoms with Crippen molar-refractivity contribution in [3.63, 3.8) is 0 Å². The number of aromatic nitrogens is 5. The Hall–Kier alpha value is -3.70. The number of carbonyl (C=O) groups excluding carboxylic acids is 1. The standard InChI is InChI=1S/C23H20N6O3S2/c1-28(13-18-24-16-9-11-33-20(16)22(31)25-18)19(30)14-34-23-27-26-21(17-8-5-10-32-17)29(23)12-15-6-3-2-4-7-15/h2-11H,12-14H2,1H3,(H,24,25,31). The van der Waals surface area contributed by atoms with Gasteiger partial charge in [-0.1, -0.05) is 42.1 Å². The highest BCUT2D eigenvalue weighted by Gasteiger charge is 2.19. The van der Waals surface area contributed by atoms with Crippen LogP contribution in [0.2, 0.25) is 0 Å². The Balaban J connectivity index is 1.30. The monoisotopic (exact) mass is 492 g/mol. The second-order valence-electron chi connectivity index (χ2n) is 7.54. The van der Waals surface area contributed by atoms with E-state index < -0.39 is 0 Å². The summed E-state index contributed by atoms with van der Waals surface area (Å²) < 4.78 is 8.05. The number of H-pyrrole nitrogens is 1. The number of fused-ring (bicyclic) bond motifs is 1. The van der Waals surface area contributed by atoms with Crippen LogP contribution in [0, 0.1) is 0 Å². The molecule has 4 heterocycles. The van der Waals surface area contributed by atoms with Crippen molar-refractivity contribution in [1.29, 1.82) is 0 Å². The molecule has 1 aromatic carbocycles. The fraction of sp³-hybridized carbons (Fsp3) is 0.174. The second-order valence-corrected chi connectivity index (χ2v) is 9.40. The minimum absolute atomic E-state index is 0.119. The number of hydrogen-bond donors (Lipinski definition) is 1. The topological polar surface area (TPSA) is 110 Å². The van der Waals surface area contributed by atoms with E-state index in [9.17, 15) is 9.59 Å². The number of thiophene rings is 1. The van der Waals surface area contributed by atoms with Crippen molar-refractivity contribution >= 4 is 39.2 Å². The third-order valence-corrected chi connectivity index (χ3v) is 7.00. The number of benzene rings is 1. The first-order valence-corrected chi connectivity index (χ1v) is 12.3. The Bertz CT molecular complexity index is 1470. The highest BCUT2D eigenvalue weighted by molar-refractivity contribution is 7.99. The van der Waals surface area contributed by atoms with Crippen molar-refractivity contribution in [2.45, 2.75) is 18.2 Å². The number of hydrogen-bond acceptors (Lipinski definition) is 8. The summed E-state index contributed by atoms with van der Waals surface area (Å²) >= 11 is 2.65. The lowest BCUT2D eigenvalue weighted by Gasteiger charge is -2.16. The van der Waals surface area contributed by atoms with Crippen LogP contribution in [0.5, 0.6) is 0 Å². The first-order chi connectivity index (χ1) is 16.6. The van der Waals surface area contributed by atoms with Gasteiger partial charge >= 0.3 is 0 Å². The molecule has 11 heteroatoms. The highest BCUT2D eigenvalue weighted by Crippen LogP contribution is 2.26. The summed E-state index contributed by atoms with van der Waals surface area (Å²) in [6.45, 7) is 0.747. The molecule has 0 bridgehead atoms. The molecule has 4 aromatic heterocycles. The zero-order chi connectivity index (χ0) is 23.5. The predicted molar refractivity (Wildman–Crippen MR) is 131 cm³/mol. The smallest absolute Gasteiger partial charge is 0.268 e. The normalized spacial score (nSPS) is 11.2. The molecule has 0 atom stereocenters. The number of nitrogens with zero attached hydrogens (tertiary/aromatic N) is 5. The molecule has 0 spiro atoms. The molecular weight excluding hydrogens is 472 g/mol. The van der Waals surface area contributed by atoms with E-state index in [4.69, 9.17) is 4.42 Å².